The number of carbonyl (C=O) groups is 4. The summed E-state index contributed by atoms with van der Waals surface area (Å²) in [6.45, 7) is 6.29. The number of rotatable bonds is 9. The molecule has 12 heteroatoms. The normalized spacial score (nSPS) is 10.6. The first-order valence-electron chi connectivity index (χ1n) is 10.1. The van der Waals surface area contributed by atoms with Crippen molar-refractivity contribution in [2.75, 3.05) is 23.0 Å². The first kappa shape index (κ1) is 25.1. The number of hydrogen-bond acceptors (Lipinski definition) is 10. The molecule has 0 radical (unpaired) electrons. The number of amides is 2. The molecule has 3 rings (SSSR count). The molecule has 0 aliphatic rings. The molecule has 2 amide bonds. The number of Topliss-reactive ketones (excluding diaryl/α,β-unsaturated/α-hetero) is 1. The van der Waals surface area contributed by atoms with Crippen LogP contribution in [0.4, 0.5) is 10.7 Å². The number of nitrogens with zero attached hydrogens (tertiary/aromatic N) is 2. The van der Waals surface area contributed by atoms with Crippen LogP contribution in [-0.4, -0.2) is 46.1 Å². The van der Waals surface area contributed by atoms with E-state index in [2.05, 4.69) is 20.8 Å². The number of thioether (sulfide) groups is 1. The minimum atomic E-state index is -0.602. The van der Waals surface area contributed by atoms with Gasteiger partial charge in [0.1, 0.15) is 5.00 Å². The van der Waals surface area contributed by atoms with E-state index >= 15 is 0 Å². The van der Waals surface area contributed by atoms with Crippen molar-refractivity contribution in [3.05, 3.63) is 40.3 Å². The Hall–Kier alpha value is -3.51. The molecule has 2 aromatic heterocycles. The number of benzene rings is 1. The standard InChI is InChI=1S/C22H22N4O6S2/c1-5-31-21(30)17-11(2)18(12(3)27)34-20(17)24-16(29)10-33-22-26-25-19(32-22)14-7-6-8-15(9-14)23-13(4)28/h6-9H,5,10H2,1-4H3,(H,23,28)(H,24,29). The summed E-state index contributed by atoms with van der Waals surface area (Å²) in [6, 6.07) is 6.92. The van der Waals surface area contributed by atoms with E-state index in [1.54, 1.807) is 38.1 Å². The number of hydrogen-bond donors (Lipinski definition) is 2. The molecule has 0 aliphatic heterocycles. The number of anilines is 2. The van der Waals surface area contributed by atoms with Crippen LogP contribution >= 0.6 is 23.1 Å². The van der Waals surface area contributed by atoms with Crippen molar-refractivity contribution in [2.24, 2.45) is 0 Å². The quantitative estimate of drug-likeness (QED) is 0.250. The Morgan fingerprint density at radius 2 is 1.91 bits per heavy atom. The van der Waals surface area contributed by atoms with Gasteiger partial charge in [0.15, 0.2) is 5.78 Å². The van der Waals surface area contributed by atoms with Gasteiger partial charge >= 0.3 is 5.97 Å². The molecule has 178 valence electrons. The van der Waals surface area contributed by atoms with Gasteiger partial charge in [0.25, 0.3) is 5.22 Å². The van der Waals surface area contributed by atoms with Crippen molar-refractivity contribution in [2.45, 2.75) is 32.9 Å². The first-order chi connectivity index (χ1) is 16.2. The predicted molar refractivity (Wildman–Crippen MR) is 128 cm³/mol. The fraction of sp³-hybridized carbons (Fsp3) is 0.273. The van der Waals surface area contributed by atoms with Crippen LogP contribution in [-0.2, 0) is 14.3 Å². The van der Waals surface area contributed by atoms with Gasteiger partial charge in [-0.1, -0.05) is 17.8 Å². The monoisotopic (exact) mass is 502 g/mol. The zero-order valence-corrected chi connectivity index (χ0v) is 20.5. The Labute approximate surface area is 203 Å². The van der Waals surface area contributed by atoms with Crippen molar-refractivity contribution < 1.29 is 28.3 Å². The molecule has 0 atom stereocenters. The molecule has 34 heavy (non-hydrogen) atoms. The average molecular weight is 503 g/mol. The molecule has 3 aromatic rings. The van der Waals surface area contributed by atoms with Crippen LogP contribution < -0.4 is 10.6 Å². The SMILES string of the molecule is CCOC(=O)c1c(NC(=O)CSc2nnc(-c3cccc(NC(C)=O)c3)o2)sc(C(C)=O)c1C. The fourth-order valence-electron chi connectivity index (χ4n) is 2.99. The molecule has 2 N–H and O–H groups in total. The van der Waals surface area contributed by atoms with E-state index < -0.39 is 11.9 Å². The van der Waals surface area contributed by atoms with Crippen LogP contribution in [0.15, 0.2) is 33.9 Å². The average Bonchev–Trinajstić information content (AvgIpc) is 3.37. The van der Waals surface area contributed by atoms with Gasteiger partial charge in [-0.05, 0) is 44.5 Å². The summed E-state index contributed by atoms with van der Waals surface area (Å²) in [7, 11) is 0. The predicted octanol–water partition coefficient (Wildman–Crippen LogP) is 4.18. The zero-order chi connectivity index (χ0) is 24.8. The van der Waals surface area contributed by atoms with Gasteiger partial charge in [0, 0.05) is 18.2 Å². The fourth-order valence-corrected chi connectivity index (χ4v) is 4.66. The summed E-state index contributed by atoms with van der Waals surface area (Å²) in [4.78, 5) is 48.4. The molecule has 0 aliphatic carbocycles. The van der Waals surface area contributed by atoms with Crippen molar-refractivity contribution in [3.63, 3.8) is 0 Å². The van der Waals surface area contributed by atoms with E-state index in [1.165, 1.54) is 13.8 Å². The van der Waals surface area contributed by atoms with E-state index in [4.69, 9.17) is 9.15 Å². The summed E-state index contributed by atoms with van der Waals surface area (Å²) >= 11 is 2.05. The maximum Gasteiger partial charge on any atom is 0.341 e. The van der Waals surface area contributed by atoms with Gasteiger partial charge in [-0.3, -0.25) is 14.4 Å². The number of thiophene rings is 1. The second-order valence-electron chi connectivity index (χ2n) is 7.01. The van der Waals surface area contributed by atoms with Gasteiger partial charge in [0.05, 0.1) is 22.8 Å². The lowest BCUT2D eigenvalue weighted by atomic mass is 10.1. The highest BCUT2D eigenvalue weighted by atomic mass is 32.2. The van der Waals surface area contributed by atoms with E-state index in [0.29, 0.717) is 21.7 Å². The lowest BCUT2D eigenvalue weighted by Gasteiger charge is -2.06. The number of ketones is 1. The third-order valence-corrected chi connectivity index (χ3v) is 6.49. The number of carbonyl (C=O) groups excluding carboxylic acids is 4. The first-order valence-corrected chi connectivity index (χ1v) is 11.9. The van der Waals surface area contributed by atoms with Gasteiger partial charge in [-0.2, -0.15) is 0 Å². The molecule has 2 heterocycles. The van der Waals surface area contributed by atoms with Crippen LogP contribution in [0, 0.1) is 6.92 Å². The van der Waals surface area contributed by atoms with Gasteiger partial charge in [-0.25, -0.2) is 4.79 Å². The minimum absolute atomic E-state index is 0.0673. The molecule has 1 aromatic carbocycles. The molecule has 0 fully saturated rings. The highest BCUT2D eigenvalue weighted by molar-refractivity contribution is 7.99. The Morgan fingerprint density at radius 1 is 1.15 bits per heavy atom. The van der Waals surface area contributed by atoms with E-state index in [0.717, 1.165) is 23.1 Å². The van der Waals surface area contributed by atoms with Crippen molar-refractivity contribution >= 4 is 57.4 Å². The van der Waals surface area contributed by atoms with Gasteiger partial charge < -0.3 is 19.8 Å². The van der Waals surface area contributed by atoms with Crippen LogP contribution in [0.3, 0.4) is 0 Å². The third-order valence-electron chi connectivity index (χ3n) is 4.36. The lowest BCUT2D eigenvalue weighted by Crippen LogP contribution is -2.16. The van der Waals surface area contributed by atoms with E-state index in [9.17, 15) is 19.2 Å². The molecule has 0 unspecified atom stereocenters. The Kier molecular flexibility index (Phi) is 8.18. The van der Waals surface area contributed by atoms with Gasteiger partial charge in [0.2, 0.25) is 17.7 Å². The number of esters is 1. The van der Waals surface area contributed by atoms with Gasteiger partial charge in [-0.15, -0.1) is 21.5 Å². The lowest BCUT2D eigenvalue weighted by molar-refractivity contribution is -0.114. The number of nitrogens with one attached hydrogen (secondary N) is 2. The largest absolute Gasteiger partial charge is 0.462 e. The Bertz CT molecular complexity index is 1250. The Balaban J connectivity index is 1.68. The molecule has 10 nitrogen and oxygen atoms in total. The van der Waals surface area contributed by atoms with Crippen molar-refractivity contribution in [1.82, 2.24) is 10.2 Å². The Morgan fingerprint density at radius 3 is 2.59 bits per heavy atom. The molecular weight excluding hydrogens is 480 g/mol. The van der Waals surface area contributed by atoms with Crippen LogP contribution in [0.5, 0.6) is 0 Å². The highest BCUT2D eigenvalue weighted by Gasteiger charge is 2.25. The molecule has 0 saturated heterocycles. The molecule has 0 bridgehead atoms. The van der Waals surface area contributed by atoms with Crippen LogP contribution in [0.25, 0.3) is 11.5 Å². The van der Waals surface area contributed by atoms with Crippen LogP contribution in [0.1, 0.15) is 46.4 Å². The second-order valence-corrected chi connectivity index (χ2v) is 8.96. The number of ether oxygens (including phenoxy) is 1. The maximum absolute atomic E-state index is 12.5. The highest BCUT2D eigenvalue weighted by Crippen LogP contribution is 2.34. The summed E-state index contributed by atoms with van der Waals surface area (Å²) in [5, 5.41) is 13.7. The topological polar surface area (TPSA) is 140 Å². The smallest absolute Gasteiger partial charge is 0.341 e. The molecule has 0 saturated carbocycles. The van der Waals surface area contributed by atoms with E-state index in [1.807, 2.05) is 0 Å². The molecular formula is C22H22N4O6S2. The van der Waals surface area contributed by atoms with Crippen molar-refractivity contribution in [1.29, 1.82) is 0 Å². The molecule has 0 spiro atoms. The zero-order valence-electron chi connectivity index (χ0n) is 18.9. The second kappa shape index (κ2) is 11.1. The van der Waals surface area contributed by atoms with E-state index in [-0.39, 0.29) is 45.7 Å². The van der Waals surface area contributed by atoms with Crippen LogP contribution in [0.2, 0.25) is 0 Å². The van der Waals surface area contributed by atoms with Crippen molar-refractivity contribution in [3.8, 4) is 11.5 Å². The minimum Gasteiger partial charge on any atom is -0.462 e. The maximum atomic E-state index is 12.5. The summed E-state index contributed by atoms with van der Waals surface area (Å²) < 4.78 is 10.7. The summed E-state index contributed by atoms with van der Waals surface area (Å²) in [5.74, 6) is -1.26. The summed E-state index contributed by atoms with van der Waals surface area (Å²) in [5.41, 5.74) is 1.85. The summed E-state index contributed by atoms with van der Waals surface area (Å²) in [6.07, 6.45) is 0. The third kappa shape index (κ3) is 6.08. The number of aromatic nitrogens is 2.